The van der Waals surface area contributed by atoms with E-state index in [9.17, 15) is 19.3 Å². The Morgan fingerprint density at radius 3 is 2.43 bits per heavy atom. The number of carbonyl (C=O) groups is 1. The number of benzene rings is 2. The molecule has 108 valence electrons. The molecule has 6 nitrogen and oxygen atoms in total. The van der Waals surface area contributed by atoms with Crippen molar-refractivity contribution in [3.63, 3.8) is 0 Å². The third-order valence-electron chi connectivity index (χ3n) is 2.84. The van der Waals surface area contributed by atoms with Crippen molar-refractivity contribution in [2.24, 2.45) is 0 Å². The zero-order valence-corrected chi connectivity index (χ0v) is 11.0. The number of nitrogens with one attached hydrogen (secondary N) is 1. The molecule has 2 rings (SSSR count). The molecule has 21 heavy (non-hydrogen) atoms. The number of nitro groups is 1. The topological polar surface area (TPSA) is 92.5 Å². The van der Waals surface area contributed by atoms with Crippen molar-refractivity contribution in [2.45, 2.75) is 6.92 Å². The average Bonchev–Trinajstić information content (AvgIpc) is 2.40. The Morgan fingerprint density at radius 2 is 1.90 bits per heavy atom. The predicted octanol–water partition coefficient (Wildman–Crippen LogP) is 3.48. The second-order valence-electron chi connectivity index (χ2n) is 4.40. The SMILES string of the molecule is Cc1ccc(Nc2cc(F)c(C(=O)O)cc2[N+](=O)[O-])cc1. The molecule has 2 aromatic carbocycles. The molecule has 7 heteroatoms. The molecule has 0 unspecified atom stereocenters. The first-order valence-corrected chi connectivity index (χ1v) is 5.93. The van der Waals surface area contributed by atoms with Crippen molar-refractivity contribution in [2.75, 3.05) is 5.32 Å². The van der Waals surface area contributed by atoms with E-state index < -0.39 is 28.0 Å². The van der Waals surface area contributed by atoms with Crippen LogP contribution in [-0.4, -0.2) is 16.0 Å². The molecule has 0 heterocycles. The summed E-state index contributed by atoms with van der Waals surface area (Å²) >= 11 is 0. The van der Waals surface area contributed by atoms with Crippen LogP contribution in [0.5, 0.6) is 0 Å². The molecule has 0 atom stereocenters. The van der Waals surface area contributed by atoms with Gasteiger partial charge >= 0.3 is 5.97 Å². The Kier molecular flexibility index (Phi) is 3.84. The average molecular weight is 290 g/mol. The molecule has 0 spiro atoms. The summed E-state index contributed by atoms with van der Waals surface area (Å²) in [5, 5.41) is 22.5. The van der Waals surface area contributed by atoms with E-state index in [4.69, 9.17) is 5.11 Å². The van der Waals surface area contributed by atoms with Gasteiger partial charge in [0.05, 0.1) is 4.92 Å². The van der Waals surface area contributed by atoms with Crippen LogP contribution < -0.4 is 5.32 Å². The van der Waals surface area contributed by atoms with Crippen LogP contribution in [-0.2, 0) is 0 Å². The van der Waals surface area contributed by atoms with Crippen LogP contribution in [0.2, 0.25) is 0 Å². The molecule has 0 aliphatic carbocycles. The summed E-state index contributed by atoms with van der Waals surface area (Å²) in [4.78, 5) is 21.1. The monoisotopic (exact) mass is 290 g/mol. The zero-order valence-electron chi connectivity index (χ0n) is 11.0. The molecule has 0 aliphatic heterocycles. The first-order valence-electron chi connectivity index (χ1n) is 5.93. The van der Waals surface area contributed by atoms with Gasteiger partial charge in [0.25, 0.3) is 5.69 Å². The number of hydrogen-bond donors (Lipinski definition) is 2. The summed E-state index contributed by atoms with van der Waals surface area (Å²) in [6.45, 7) is 1.88. The second-order valence-corrected chi connectivity index (χ2v) is 4.40. The molecule has 0 aliphatic rings. The van der Waals surface area contributed by atoms with E-state index in [1.165, 1.54) is 0 Å². The zero-order chi connectivity index (χ0) is 15.6. The van der Waals surface area contributed by atoms with Gasteiger partial charge in [-0.2, -0.15) is 0 Å². The van der Waals surface area contributed by atoms with E-state index in [2.05, 4.69) is 5.32 Å². The van der Waals surface area contributed by atoms with Gasteiger partial charge in [0, 0.05) is 17.8 Å². The molecule has 0 radical (unpaired) electrons. The molecule has 0 saturated heterocycles. The van der Waals surface area contributed by atoms with Crippen LogP contribution in [0.4, 0.5) is 21.5 Å². The van der Waals surface area contributed by atoms with Gasteiger partial charge in [-0.3, -0.25) is 10.1 Å². The molecular formula is C14H11FN2O4. The highest BCUT2D eigenvalue weighted by atomic mass is 19.1. The highest BCUT2D eigenvalue weighted by molar-refractivity contribution is 5.90. The van der Waals surface area contributed by atoms with Crippen LogP contribution in [0, 0.1) is 22.9 Å². The van der Waals surface area contributed by atoms with E-state index in [1.54, 1.807) is 24.3 Å². The fourth-order valence-corrected chi connectivity index (χ4v) is 1.77. The van der Waals surface area contributed by atoms with E-state index in [0.717, 1.165) is 11.6 Å². The number of nitrogens with zero attached hydrogens (tertiary/aromatic N) is 1. The smallest absolute Gasteiger partial charge is 0.338 e. The Morgan fingerprint density at radius 1 is 1.29 bits per heavy atom. The highest BCUT2D eigenvalue weighted by Crippen LogP contribution is 2.30. The minimum atomic E-state index is -1.56. The van der Waals surface area contributed by atoms with Crippen molar-refractivity contribution in [1.29, 1.82) is 0 Å². The lowest BCUT2D eigenvalue weighted by Crippen LogP contribution is -2.05. The van der Waals surface area contributed by atoms with Gasteiger partial charge in [0.1, 0.15) is 17.1 Å². The van der Waals surface area contributed by atoms with Crippen LogP contribution in [0.25, 0.3) is 0 Å². The summed E-state index contributed by atoms with van der Waals surface area (Å²) in [6.07, 6.45) is 0. The summed E-state index contributed by atoms with van der Waals surface area (Å²) in [6, 6.07) is 8.45. The van der Waals surface area contributed by atoms with Gasteiger partial charge in [-0.1, -0.05) is 17.7 Å². The van der Waals surface area contributed by atoms with E-state index in [1.807, 2.05) is 6.92 Å². The maximum Gasteiger partial charge on any atom is 0.338 e. The number of hydrogen-bond acceptors (Lipinski definition) is 4. The predicted molar refractivity (Wildman–Crippen MR) is 74.5 cm³/mol. The highest BCUT2D eigenvalue weighted by Gasteiger charge is 2.21. The van der Waals surface area contributed by atoms with Crippen molar-refractivity contribution in [3.05, 3.63) is 63.5 Å². The number of nitro benzene ring substituents is 1. The molecule has 2 N–H and O–H groups in total. The van der Waals surface area contributed by atoms with Crippen molar-refractivity contribution < 1.29 is 19.2 Å². The van der Waals surface area contributed by atoms with E-state index >= 15 is 0 Å². The van der Waals surface area contributed by atoms with Crippen LogP contribution in [0.3, 0.4) is 0 Å². The number of aryl methyl sites for hydroxylation is 1. The minimum Gasteiger partial charge on any atom is -0.478 e. The largest absolute Gasteiger partial charge is 0.478 e. The third kappa shape index (κ3) is 3.14. The van der Waals surface area contributed by atoms with E-state index in [-0.39, 0.29) is 5.69 Å². The van der Waals surface area contributed by atoms with Crippen molar-refractivity contribution in [1.82, 2.24) is 0 Å². The van der Waals surface area contributed by atoms with Crippen molar-refractivity contribution >= 4 is 23.0 Å². The Hall–Kier alpha value is -2.96. The standard InChI is InChI=1S/C14H11FN2O4/c1-8-2-4-9(5-3-8)16-12-7-11(15)10(14(18)19)6-13(12)17(20)21/h2-7,16H,1H3,(H,18,19). The summed E-state index contributed by atoms with van der Waals surface area (Å²) in [5.41, 5.74) is 0.186. The molecule has 0 aromatic heterocycles. The summed E-state index contributed by atoms with van der Waals surface area (Å²) < 4.78 is 13.7. The molecule has 0 saturated carbocycles. The molecule has 0 amide bonds. The number of rotatable bonds is 4. The maximum absolute atomic E-state index is 13.7. The quantitative estimate of drug-likeness (QED) is 0.664. The van der Waals surface area contributed by atoms with Crippen LogP contribution >= 0.6 is 0 Å². The lowest BCUT2D eigenvalue weighted by molar-refractivity contribution is -0.384. The first-order chi connectivity index (χ1) is 9.88. The minimum absolute atomic E-state index is 0.105. The summed E-state index contributed by atoms with van der Waals surface area (Å²) in [5.74, 6) is -2.60. The summed E-state index contributed by atoms with van der Waals surface area (Å²) in [7, 11) is 0. The number of carboxylic acids is 1. The van der Waals surface area contributed by atoms with Gasteiger partial charge in [-0.25, -0.2) is 9.18 Å². The maximum atomic E-state index is 13.7. The fraction of sp³-hybridized carbons (Fsp3) is 0.0714. The van der Waals surface area contributed by atoms with E-state index in [0.29, 0.717) is 11.8 Å². The number of anilines is 2. The van der Waals surface area contributed by atoms with Gasteiger partial charge in [-0.05, 0) is 19.1 Å². The van der Waals surface area contributed by atoms with Gasteiger partial charge in [-0.15, -0.1) is 0 Å². The second kappa shape index (κ2) is 5.58. The van der Waals surface area contributed by atoms with Crippen LogP contribution in [0.1, 0.15) is 15.9 Å². The van der Waals surface area contributed by atoms with Crippen molar-refractivity contribution in [3.8, 4) is 0 Å². The molecular weight excluding hydrogens is 279 g/mol. The molecule has 2 aromatic rings. The lowest BCUT2D eigenvalue weighted by Gasteiger charge is -2.09. The number of aromatic carboxylic acids is 1. The number of carboxylic acid groups (broad SMARTS) is 1. The number of halogens is 1. The first kappa shape index (κ1) is 14.4. The Bertz CT molecular complexity index is 714. The van der Waals surface area contributed by atoms with Crippen LogP contribution in [0.15, 0.2) is 36.4 Å². The Labute approximate surface area is 119 Å². The normalized spacial score (nSPS) is 10.2. The third-order valence-corrected chi connectivity index (χ3v) is 2.84. The lowest BCUT2D eigenvalue weighted by atomic mass is 10.1. The van der Waals surface area contributed by atoms with Gasteiger partial charge in [0.2, 0.25) is 0 Å². The van der Waals surface area contributed by atoms with Gasteiger partial charge in [0.15, 0.2) is 0 Å². The fourth-order valence-electron chi connectivity index (χ4n) is 1.77. The van der Waals surface area contributed by atoms with Gasteiger partial charge < -0.3 is 10.4 Å². The molecule has 0 fully saturated rings. The Balaban J connectivity index is 2.47. The molecule has 0 bridgehead atoms.